The van der Waals surface area contributed by atoms with E-state index in [-0.39, 0.29) is 0 Å². The minimum Gasteiger partial charge on any atom is -0.478 e. The van der Waals surface area contributed by atoms with Crippen LogP contribution in [0.5, 0.6) is 5.88 Å². The normalized spacial score (nSPS) is 17.3. The van der Waals surface area contributed by atoms with Gasteiger partial charge in [0.25, 0.3) is 0 Å². The summed E-state index contributed by atoms with van der Waals surface area (Å²) in [5.74, 6) is 1.49. The van der Waals surface area contributed by atoms with Gasteiger partial charge >= 0.3 is 0 Å². The van der Waals surface area contributed by atoms with E-state index in [4.69, 9.17) is 4.74 Å². The van der Waals surface area contributed by atoms with Crippen LogP contribution in [0, 0.1) is 0 Å². The van der Waals surface area contributed by atoms with Crippen molar-refractivity contribution in [3.8, 4) is 5.88 Å². The minimum absolute atomic E-state index is 0.413. The Bertz CT molecular complexity index is 363. The Balaban J connectivity index is 1.92. The predicted octanol–water partition coefficient (Wildman–Crippen LogP) is 2.57. The maximum Gasteiger partial charge on any atom is 0.218 e. The van der Waals surface area contributed by atoms with Crippen LogP contribution < -0.4 is 10.1 Å². The lowest BCUT2D eigenvalue weighted by Crippen LogP contribution is -2.40. The van der Waals surface area contributed by atoms with E-state index in [1.54, 1.807) is 6.33 Å². The fourth-order valence-corrected chi connectivity index (χ4v) is 2.85. The van der Waals surface area contributed by atoms with Crippen molar-refractivity contribution in [2.75, 3.05) is 24.7 Å². The van der Waals surface area contributed by atoms with Crippen molar-refractivity contribution in [1.29, 1.82) is 0 Å². The molecule has 1 aliphatic rings. The second-order valence-corrected chi connectivity index (χ2v) is 5.54. The second-order valence-electron chi connectivity index (χ2n) is 4.27. The van der Waals surface area contributed by atoms with Gasteiger partial charge in [0.15, 0.2) is 0 Å². The molecule has 1 saturated carbocycles. The first-order valence-electron chi connectivity index (χ1n) is 6.02. The molecule has 0 atom stereocenters. The van der Waals surface area contributed by atoms with E-state index >= 15 is 0 Å². The number of rotatable bonds is 6. The summed E-state index contributed by atoms with van der Waals surface area (Å²) in [4.78, 5) is 8.26. The molecular weight excluding hydrogens is 234 g/mol. The summed E-state index contributed by atoms with van der Waals surface area (Å²) < 4.78 is 5.76. The van der Waals surface area contributed by atoms with E-state index in [1.165, 1.54) is 19.3 Å². The molecule has 4 nitrogen and oxygen atoms in total. The second kappa shape index (κ2) is 5.58. The van der Waals surface area contributed by atoms with E-state index in [0.29, 0.717) is 17.2 Å². The fraction of sp³-hybridized carbons (Fsp3) is 0.667. The Labute approximate surface area is 107 Å². The molecule has 5 heteroatoms. The van der Waals surface area contributed by atoms with Gasteiger partial charge in [-0.15, -0.1) is 0 Å². The molecule has 1 aromatic heterocycles. The molecular formula is C12H19N3OS. The van der Waals surface area contributed by atoms with E-state index in [2.05, 4.69) is 21.5 Å². The molecule has 94 valence electrons. The average molecular weight is 253 g/mol. The summed E-state index contributed by atoms with van der Waals surface area (Å²) in [6.07, 6.45) is 7.66. The van der Waals surface area contributed by atoms with Crippen LogP contribution in [0.3, 0.4) is 0 Å². The number of hydrogen-bond acceptors (Lipinski definition) is 5. The van der Waals surface area contributed by atoms with Crippen LogP contribution in [-0.4, -0.2) is 34.1 Å². The van der Waals surface area contributed by atoms with Crippen LogP contribution in [0.2, 0.25) is 0 Å². The fourth-order valence-electron chi connectivity index (χ4n) is 1.94. The number of nitrogens with one attached hydrogen (secondary N) is 1. The van der Waals surface area contributed by atoms with Gasteiger partial charge in [-0.05, 0) is 26.0 Å². The zero-order valence-corrected chi connectivity index (χ0v) is 11.2. The highest BCUT2D eigenvalue weighted by Crippen LogP contribution is 2.42. The molecule has 0 aromatic carbocycles. The lowest BCUT2D eigenvalue weighted by molar-refractivity contribution is 0.326. The van der Waals surface area contributed by atoms with Crippen molar-refractivity contribution in [2.24, 2.45) is 0 Å². The molecule has 0 unspecified atom stereocenters. The van der Waals surface area contributed by atoms with Crippen molar-refractivity contribution in [3.05, 3.63) is 12.4 Å². The largest absolute Gasteiger partial charge is 0.478 e. The van der Waals surface area contributed by atoms with E-state index < -0.39 is 0 Å². The van der Waals surface area contributed by atoms with E-state index in [1.807, 2.05) is 24.8 Å². The van der Waals surface area contributed by atoms with Crippen LogP contribution in [0.25, 0.3) is 0 Å². The summed E-state index contributed by atoms with van der Waals surface area (Å²) in [6, 6.07) is 1.86. The molecule has 1 aromatic rings. The van der Waals surface area contributed by atoms with Crippen molar-refractivity contribution in [2.45, 2.75) is 30.9 Å². The van der Waals surface area contributed by atoms with Gasteiger partial charge in [-0.25, -0.2) is 9.97 Å². The maximum atomic E-state index is 5.35. The van der Waals surface area contributed by atoms with Crippen molar-refractivity contribution >= 4 is 17.6 Å². The van der Waals surface area contributed by atoms with Crippen LogP contribution in [-0.2, 0) is 0 Å². The monoisotopic (exact) mass is 253 g/mol. The summed E-state index contributed by atoms with van der Waals surface area (Å²) in [6.45, 7) is 3.55. The Morgan fingerprint density at radius 1 is 1.47 bits per heavy atom. The van der Waals surface area contributed by atoms with Crippen LogP contribution in [0.4, 0.5) is 5.82 Å². The molecule has 0 radical (unpaired) electrons. The molecule has 0 bridgehead atoms. The van der Waals surface area contributed by atoms with Gasteiger partial charge in [-0.1, -0.05) is 6.42 Å². The third-order valence-corrected chi connectivity index (χ3v) is 4.64. The van der Waals surface area contributed by atoms with Crippen LogP contribution >= 0.6 is 11.8 Å². The summed E-state index contributed by atoms with van der Waals surface area (Å²) in [5.41, 5.74) is 0. The molecule has 17 heavy (non-hydrogen) atoms. The highest BCUT2D eigenvalue weighted by Gasteiger charge is 2.35. The number of aromatic nitrogens is 2. The Morgan fingerprint density at radius 2 is 2.29 bits per heavy atom. The topological polar surface area (TPSA) is 47.0 Å². The third-order valence-electron chi connectivity index (χ3n) is 3.22. The van der Waals surface area contributed by atoms with Gasteiger partial charge in [-0.2, -0.15) is 11.8 Å². The van der Waals surface area contributed by atoms with Gasteiger partial charge in [0.1, 0.15) is 12.1 Å². The molecule has 1 fully saturated rings. The molecule has 0 aliphatic heterocycles. The van der Waals surface area contributed by atoms with Crippen molar-refractivity contribution in [1.82, 2.24) is 9.97 Å². The molecule has 0 saturated heterocycles. The van der Waals surface area contributed by atoms with E-state index in [9.17, 15) is 0 Å². The smallest absolute Gasteiger partial charge is 0.218 e. The first-order chi connectivity index (χ1) is 8.28. The Kier molecular flexibility index (Phi) is 4.10. The Morgan fingerprint density at radius 3 is 2.88 bits per heavy atom. The highest BCUT2D eigenvalue weighted by atomic mass is 32.2. The average Bonchev–Trinajstić information content (AvgIpc) is 2.29. The first kappa shape index (κ1) is 12.5. The predicted molar refractivity (Wildman–Crippen MR) is 71.8 cm³/mol. The van der Waals surface area contributed by atoms with Crippen molar-refractivity contribution in [3.63, 3.8) is 0 Å². The molecule has 0 amide bonds. The van der Waals surface area contributed by atoms with Gasteiger partial charge in [0.2, 0.25) is 5.88 Å². The number of anilines is 1. The number of hydrogen-bond donors (Lipinski definition) is 1. The lowest BCUT2D eigenvalue weighted by atomic mass is 9.84. The Hall–Kier alpha value is -0.970. The summed E-state index contributed by atoms with van der Waals surface area (Å²) in [5, 5.41) is 3.39. The zero-order valence-electron chi connectivity index (χ0n) is 10.4. The van der Waals surface area contributed by atoms with E-state index in [0.717, 1.165) is 12.4 Å². The molecule has 1 N–H and O–H groups in total. The van der Waals surface area contributed by atoms with Gasteiger partial charge in [-0.3, -0.25) is 0 Å². The summed E-state index contributed by atoms with van der Waals surface area (Å²) in [7, 11) is 0. The molecule has 1 aliphatic carbocycles. The van der Waals surface area contributed by atoms with Gasteiger partial charge in [0, 0.05) is 17.4 Å². The zero-order chi connectivity index (χ0) is 12.1. The van der Waals surface area contributed by atoms with Gasteiger partial charge < -0.3 is 10.1 Å². The first-order valence-corrected chi connectivity index (χ1v) is 7.24. The third kappa shape index (κ3) is 3.03. The SMILES string of the molecule is CCOc1cc(NCC2(SC)CCC2)ncn1. The molecule has 0 spiro atoms. The van der Waals surface area contributed by atoms with Crippen molar-refractivity contribution < 1.29 is 4.74 Å². The molecule has 1 heterocycles. The number of ether oxygens (including phenoxy) is 1. The van der Waals surface area contributed by atoms with Gasteiger partial charge in [0.05, 0.1) is 6.61 Å². The maximum absolute atomic E-state index is 5.35. The van der Waals surface area contributed by atoms with Crippen LogP contribution in [0.15, 0.2) is 12.4 Å². The standard InChI is InChI=1S/C12H19N3OS/c1-3-16-11-7-10(14-9-15-11)13-8-12(17-2)5-4-6-12/h7,9H,3-6,8H2,1-2H3,(H,13,14,15). The quantitative estimate of drug-likeness (QED) is 0.844. The number of nitrogens with zero attached hydrogens (tertiary/aromatic N) is 2. The summed E-state index contributed by atoms with van der Waals surface area (Å²) >= 11 is 1.96. The molecule has 2 rings (SSSR count). The highest BCUT2D eigenvalue weighted by molar-refractivity contribution is 8.00. The lowest BCUT2D eigenvalue weighted by Gasteiger charge is -2.40. The van der Waals surface area contributed by atoms with Crippen LogP contribution in [0.1, 0.15) is 26.2 Å². The number of thioether (sulfide) groups is 1. The minimum atomic E-state index is 0.413.